The highest BCUT2D eigenvalue weighted by Gasteiger charge is 2.40. The second-order valence-corrected chi connectivity index (χ2v) is 4.45. The van der Waals surface area contributed by atoms with Gasteiger partial charge in [-0.25, -0.2) is 13.2 Å². The SMILES string of the molecule is CC(C)Oc1cc(NCC(F)(F)C(F)F)c(N)cc1F. The van der Waals surface area contributed by atoms with E-state index in [1.807, 2.05) is 0 Å². The number of rotatable bonds is 6. The smallest absolute Gasteiger partial charge is 0.324 e. The summed E-state index contributed by atoms with van der Waals surface area (Å²) in [5, 5.41) is 2.07. The number of nitrogen functional groups attached to an aromatic ring is 1. The minimum Gasteiger partial charge on any atom is -0.488 e. The number of anilines is 2. The summed E-state index contributed by atoms with van der Waals surface area (Å²) in [6.45, 7) is 1.98. The summed E-state index contributed by atoms with van der Waals surface area (Å²) < 4.78 is 68.2. The van der Waals surface area contributed by atoms with Gasteiger partial charge in [0.05, 0.1) is 24.0 Å². The van der Waals surface area contributed by atoms with E-state index in [4.69, 9.17) is 10.5 Å². The molecule has 1 aromatic carbocycles. The molecule has 3 nitrogen and oxygen atoms in total. The fraction of sp³-hybridized carbons (Fsp3) is 0.500. The summed E-state index contributed by atoms with van der Waals surface area (Å²) in [6, 6.07) is 1.94. The van der Waals surface area contributed by atoms with Gasteiger partial charge >= 0.3 is 12.3 Å². The summed E-state index contributed by atoms with van der Waals surface area (Å²) in [5.74, 6) is -5.17. The number of hydrogen-bond acceptors (Lipinski definition) is 3. The van der Waals surface area contributed by atoms with Crippen molar-refractivity contribution in [3.63, 3.8) is 0 Å². The molecule has 114 valence electrons. The zero-order valence-electron chi connectivity index (χ0n) is 10.9. The van der Waals surface area contributed by atoms with E-state index in [1.165, 1.54) is 0 Å². The third kappa shape index (κ3) is 4.14. The van der Waals surface area contributed by atoms with Crippen LogP contribution in [0, 0.1) is 5.82 Å². The predicted octanol–water partition coefficient (Wildman–Crippen LogP) is 3.51. The Balaban J connectivity index is 2.90. The lowest BCUT2D eigenvalue weighted by Gasteiger charge is -2.19. The number of hydrogen-bond donors (Lipinski definition) is 2. The summed E-state index contributed by atoms with van der Waals surface area (Å²) in [5.41, 5.74) is 5.16. The van der Waals surface area contributed by atoms with Crippen molar-refractivity contribution < 1.29 is 26.7 Å². The average molecular weight is 298 g/mol. The summed E-state index contributed by atoms with van der Waals surface area (Å²) in [4.78, 5) is 0. The van der Waals surface area contributed by atoms with E-state index in [2.05, 4.69) is 5.32 Å². The number of nitrogens with one attached hydrogen (secondary N) is 1. The van der Waals surface area contributed by atoms with Crippen LogP contribution in [0.1, 0.15) is 13.8 Å². The van der Waals surface area contributed by atoms with Gasteiger partial charge in [0, 0.05) is 12.1 Å². The molecule has 8 heteroatoms. The van der Waals surface area contributed by atoms with Crippen LogP contribution in [-0.4, -0.2) is 25.0 Å². The third-order valence-electron chi connectivity index (χ3n) is 2.30. The molecule has 0 atom stereocenters. The van der Waals surface area contributed by atoms with Gasteiger partial charge in [-0.15, -0.1) is 0 Å². The van der Waals surface area contributed by atoms with Gasteiger partial charge in [-0.05, 0) is 13.8 Å². The lowest BCUT2D eigenvalue weighted by molar-refractivity contribution is -0.117. The topological polar surface area (TPSA) is 47.3 Å². The molecule has 1 rings (SSSR count). The molecule has 0 spiro atoms. The van der Waals surface area contributed by atoms with Crippen molar-refractivity contribution in [3.8, 4) is 5.75 Å². The molecule has 1 aromatic rings. The van der Waals surface area contributed by atoms with Crippen LogP contribution in [0.25, 0.3) is 0 Å². The Labute approximate surface area is 112 Å². The molecule has 0 fully saturated rings. The van der Waals surface area contributed by atoms with E-state index < -0.39 is 24.7 Å². The zero-order chi connectivity index (χ0) is 15.5. The highest BCUT2D eigenvalue weighted by molar-refractivity contribution is 5.68. The van der Waals surface area contributed by atoms with Gasteiger partial charge in [0.25, 0.3) is 0 Å². The minimum absolute atomic E-state index is 0.0950. The fourth-order valence-corrected chi connectivity index (χ4v) is 1.36. The first-order chi connectivity index (χ1) is 9.13. The van der Waals surface area contributed by atoms with E-state index in [9.17, 15) is 22.0 Å². The van der Waals surface area contributed by atoms with Crippen molar-refractivity contribution >= 4 is 11.4 Å². The molecule has 0 saturated heterocycles. The van der Waals surface area contributed by atoms with Crippen LogP contribution in [-0.2, 0) is 0 Å². The van der Waals surface area contributed by atoms with Crippen LogP contribution in [0.5, 0.6) is 5.75 Å². The standard InChI is InChI=1S/C12H15F5N2O/c1-6(2)20-10-4-9(8(18)3-7(10)13)19-5-12(16,17)11(14)15/h3-4,6,11,19H,5,18H2,1-2H3. The molecule has 0 heterocycles. The van der Waals surface area contributed by atoms with Crippen molar-refractivity contribution in [2.75, 3.05) is 17.6 Å². The highest BCUT2D eigenvalue weighted by Crippen LogP contribution is 2.30. The van der Waals surface area contributed by atoms with E-state index in [0.29, 0.717) is 0 Å². The van der Waals surface area contributed by atoms with E-state index in [1.54, 1.807) is 13.8 Å². The molecule has 0 amide bonds. The Hall–Kier alpha value is -1.73. The number of halogens is 5. The second kappa shape index (κ2) is 6.15. The zero-order valence-corrected chi connectivity index (χ0v) is 10.9. The van der Waals surface area contributed by atoms with Gasteiger partial charge < -0.3 is 15.8 Å². The van der Waals surface area contributed by atoms with Gasteiger partial charge in [-0.1, -0.05) is 0 Å². The molecule has 0 radical (unpaired) electrons. The van der Waals surface area contributed by atoms with Crippen LogP contribution in [0.15, 0.2) is 12.1 Å². The monoisotopic (exact) mass is 298 g/mol. The maximum absolute atomic E-state index is 13.5. The molecular formula is C12H15F5N2O. The van der Waals surface area contributed by atoms with Crippen LogP contribution >= 0.6 is 0 Å². The first kappa shape index (κ1) is 16.3. The average Bonchev–Trinajstić information content (AvgIpc) is 2.30. The molecule has 0 aliphatic carbocycles. The highest BCUT2D eigenvalue weighted by atomic mass is 19.3. The molecule has 0 bridgehead atoms. The third-order valence-corrected chi connectivity index (χ3v) is 2.30. The molecule has 0 aliphatic heterocycles. The van der Waals surface area contributed by atoms with Gasteiger partial charge in [-0.2, -0.15) is 8.78 Å². The number of benzene rings is 1. The van der Waals surface area contributed by atoms with Gasteiger partial charge in [-0.3, -0.25) is 0 Å². The Morgan fingerprint density at radius 2 is 1.90 bits per heavy atom. The first-order valence-electron chi connectivity index (χ1n) is 5.79. The summed E-state index contributed by atoms with van der Waals surface area (Å²) >= 11 is 0. The van der Waals surface area contributed by atoms with Crippen LogP contribution in [0.3, 0.4) is 0 Å². The van der Waals surface area contributed by atoms with Crippen LogP contribution in [0.4, 0.5) is 33.3 Å². The van der Waals surface area contributed by atoms with Gasteiger partial charge in [0.15, 0.2) is 11.6 Å². The van der Waals surface area contributed by atoms with Crippen LogP contribution in [0.2, 0.25) is 0 Å². The predicted molar refractivity (Wildman–Crippen MR) is 66.0 cm³/mol. The van der Waals surface area contributed by atoms with Crippen molar-refractivity contribution in [1.29, 1.82) is 0 Å². The molecule has 0 aliphatic rings. The molecule has 3 N–H and O–H groups in total. The molecule has 20 heavy (non-hydrogen) atoms. The van der Waals surface area contributed by atoms with Gasteiger partial charge in [0.1, 0.15) is 0 Å². The number of nitrogens with two attached hydrogens (primary N) is 1. The fourth-order valence-electron chi connectivity index (χ4n) is 1.36. The maximum atomic E-state index is 13.5. The largest absolute Gasteiger partial charge is 0.488 e. The lowest BCUT2D eigenvalue weighted by Crippen LogP contribution is -2.35. The first-order valence-corrected chi connectivity index (χ1v) is 5.79. The summed E-state index contributed by atoms with van der Waals surface area (Å²) in [6.07, 6.45) is -4.15. The normalized spacial score (nSPS) is 12.1. The molecule has 0 unspecified atom stereocenters. The quantitative estimate of drug-likeness (QED) is 0.624. The Morgan fingerprint density at radius 3 is 2.40 bits per heavy atom. The Bertz CT molecular complexity index is 465. The number of ether oxygens (including phenoxy) is 1. The van der Waals surface area contributed by atoms with Crippen molar-refractivity contribution in [2.45, 2.75) is 32.3 Å². The molecule has 0 aromatic heterocycles. The van der Waals surface area contributed by atoms with Crippen molar-refractivity contribution in [3.05, 3.63) is 17.9 Å². The van der Waals surface area contributed by atoms with Crippen molar-refractivity contribution in [2.24, 2.45) is 0 Å². The Kier molecular flexibility index (Phi) is 5.02. The molecular weight excluding hydrogens is 283 g/mol. The van der Waals surface area contributed by atoms with Crippen LogP contribution < -0.4 is 15.8 Å². The maximum Gasteiger partial charge on any atom is 0.324 e. The minimum atomic E-state index is -4.21. The Morgan fingerprint density at radius 1 is 1.30 bits per heavy atom. The van der Waals surface area contributed by atoms with E-state index >= 15 is 0 Å². The van der Waals surface area contributed by atoms with Gasteiger partial charge in [0.2, 0.25) is 0 Å². The summed E-state index contributed by atoms with van der Waals surface area (Å²) in [7, 11) is 0. The molecule has 0 saturated carbocycles. The lowest BCUT2D eigenvalue weighted by atomic mass is 10.2. The van der Waals surface area contributed by atoms with Crippen molar-refractivity contribution in [1.82, 2.24) is 0 Å². The number of alkyl halides is 4. The van der Waals surface area contributed by atoms with E-state index in [-0.39, 0.29) is 23.2 Å². The van der Waals surface area contributed by atoms with E-state index in [0.717, 1.165) is 12.1 Å². The second-order valence-electron chi connectivity index (χ2n) is 4.45.